The molecule has 0 aliphatic carbocycles. The number of hydrogen-bond acceptors (Lipinski definition) is 4. The fourth-order valence-electron chi connectivity index (χ4n) is 3.71. The number of carbonyl (C=O) groups is 2. The number of benzene rings is 3. The van der Waals surface area contributed by atoms with Crippen LogP contribution in [0.15, 0.2) is 84.9 Å². The second-order valence-electron chi connectivity index (χ2n) is 8.50. The van der Waals surface area contributed by atoms with E-state index in [0.717, 1.165) is 17.5 Å². The normalized spacial score (nSPS) is 12.3. The molecule has 6 nitrogen and oxygen atoms in total. The third-order valence-corrected chi connectivity index (χ3v) is 5.86. The first kappa shape index (κ1) is 25.8. The van der Waals surface area contributed by atoms with Gasteiger partial charge in [-0.3, -0.25) is 9.59 Å². The highest BCUT2D eigenvalue weighted by atomic mass is 16.5. The van der Waals surface area contributed by atoms with Gasteiger partial charge < -0.3 is 19.7 Å². The predicted octanol–water partition coefficient (Wildman–Crippen LogP) is 4.63. The molecular weight excluding hydrogens is 440 g/mol. The van der Waals surface area contributed by atoms with Gasteiger partial charge in [0, 0.05) is 19.0 Å². The molecule has 0 aromatic heterocycles. The summed E-state index contributed by atoms with van der Waals surface area (Å²) in [7, 11) is 1.60. The highest BCUT2D eigenvalue weighted by Crippen LogP contribution is 2.19. The minimum absolute atomic E-state index is 0.00452. The Morgan fingerprint density at radius 2 is 1.51 bits per heavy atom. The lowest BCUT2D eigenvalue weighted by molar-refractivity contribution is -0.143. The molecule has 184 valence electrons. The van der Waals surface area contributed by atoms with Gasteiger partial charge in [-0.2, -0.15) is 0 Å². The molecule has 0 saturated heterocycles. The number of methoxy groups -OCH3 is 1. The van der Waals surface area contributed by atoms with Crippen LogP contribution < -0.4 is 14.8 Å². The molecular formula is C29H34N2O4. The molecule has 2 amide bonds. The third-order valence-electron chi connectivity index (χ3n) is 5.86. The lowest BCUT2D eigenvalue weighted by Gasteiger charge is -2.32. The zero-order valence-corrected chi connectivity index (χ0v) is 20.6. The van der Waals surface area contributed by atoms with E-state index in [1.54, 1.807) is 24.1 Å². The topological polar surface area (TPSA) is 67.9 Å². The van der Waals surface area contributed by atoms with Crippen molar-refractivity contribution in [3.8, 4) is 11.5 Å². The molecule has 3 rings (SSSR count). The summed E-state index contributed by atoms with van der Waals surface area (Å²) in [6, 6.07) is 25.8. The summed E-state index contributed by atoms with van der Waals surface area (Å²) in [5.41, 5.74) is 1.84. The van der Waals surface area contributed by atoms with Crippen LogP contribution in [0.4, 0.5) is 0 Å². The van der Waals surface area contributed by atoms with Crippen molar-refractivity contribution in [2.24, 2.45) is 0 Å². The summed E-state index contributed by atoms with van der Waals surface area (Å²) in [6.07, 6.45) is 1.19. The van der Waals surface area contributed by atoms with Crippen LogP contribution in [0.5, 0.6) is 11.5 Å². The molecule has 3 aromatic carbocycles. The average Bonchev–Trinajstić information content (AvgIpc) is 2.90. The quantitative estimate of drug-likeness (QED) is 0.416. The number of rotatable bonds is 12. The Balaban J connectivity index is 1.92. The monoisotopic (exact) mass is 474 g/mol. The lowest BCUT2D eigenvalue weighted by atomic mass is 10.0. The smallest absolute Gasteiger partial charge is 0.261 e. The van der Waals surface area contributed by atoms with E-state index in [9.17, 15) is 9.59 Å². The molecule has 2 atom stereocenters. The molecule has 6 heteroatoms. The largest absolute Gasteiger partial charge is 0.497 e. The van der Waals surface area contributed by atoms with Gasteiger partial charge in [-0.05, 0) is 48.7 Å². The van der Waals surface area contributed by atoms with Crippen LogP contribution >= 0.6 is 0 Å². The lowest BCUT2D eigenvalue weighted by Crippen LogP contribution is -2.53. The number of nitrogens with zero attached hydrogens (tertiary/aromatic N) is 1. The summed E-state index contributed by atoms with van der Waals surface area (Å²) < 4.78 is 11.1. The van der Waals surface area contributed by atoms with Crippen LogP contribution in [-0.4, -0.2) is 42.5 Å². The zero-order chi connectivity index (χ0) is 25.0. The van der Waals surface area contributed by atoms with Gasteiger partial charge in [-0.25, -0.2) is 0 Å². The summed E-state index contributed by atoms with van der Waals surface area (Å²) in [4.78, 5) is 28.6. The maximum absolute atomic E-state index is 13.6. The van der Waals surface area contributed by atoms with Crippen molar-refractivity contribution in [1.29, 1.82) is 0 Å². The summed E-state index contributed by atoms with van der Waals surface area (Å²) >= 11 is 0. The molecule has 0 bridgehead atoms. The van der Waals surface area contributed by atoms with Gasteiger partial charge in [0.25, 0.3) is 5.91 Å². The molecule has 0 aliphatic heterocycles. The summed E-state index contributed by atoms with van der Waals surface area (Å²) in [5.74, 6) is 0.848. The number of nitrogens with one attached hydrogen (secondary N) is 1. The van der Waals surface area contributed by atoms with Gasteiger partial charge in [-0.15, -0.1) is 0 Å². The second kappa shape index (κ2) is 13.2. The highest BCUT2D eigenvalue weighted by molar-refractivity contribution is 5.88. The number of carbonyl (C=O) groups excluding carboxylic acids is 2. The van der Waals surface area contributed by atoms with Gasteiger partial charge in [0.2, 0.25) is 5.91 Å². The van der Waals surface area contributed by atoms with E-state index in [1.807, 2.05) is 86.6 Å². The van der Waals surface area contributed by atoms with Crippen molar-refractivity contribution >= 4 is 11.8 Å². The maximum atomic E-state index is 13.6. The Kier molecular flexibility index (Phi) is 9.72. The van der Waals surface area contributed by atoms with Crippen molar-refractivity contribution in [1.82, 2.24) is 10.2 Å². The van der Waals surface area contributed by atoms with Crippen LogP contribution in [0.3, 0.4) is 0 Å². The fraction of sp³-hybridized carbons (Fsp3) is 0.310. The van der Waals surface area contributed by atoms with Crippen LogP contribution in [0.25, 0.3) is 0 Å². The molecule has 0 heterocycles. The molecule has 0 unspecified atom stereocenters. The first-order valence-corrected chi connectivity index (χ1v) is 11.9. The van der Waals surface area contributed by atoms with Gasteiger partial charge >= 0.3 is 0 Å². The van der Waals surface area contributed by atoms with E-state index < -0.39 is 6.04 Å². The molecule has 0 spiro atoms. The Morgan fingerprint density at radius 1 is 0.886 bits per heavy atom. The molecule has 0 aliphatic rings. The Hall–Kier alpha value is -3.80. The maximum Gasteiger partial charge on any atom is 0.261 e. The fourth-order valence-corrected chi connectivity index (χ4v) is 3.71. The van der Waals surface area contributed by atoms with E-state index in [0.29, 0.717) is 17.9 Å². The van der Waals surface area contributed by atoms with E-state index in [4.69, 9.17) is 9.47 Å². The number of hydrogen-bond donors (Lipinski definition) is 1. The van der Waals surface area contributed by atoms with Crippen LogP contribution in [-0.2, 0) is 22.6 Å². The standard InChI is InChI=1S/C29H34N2O4/c1-4-22(2)30-29(33)27(19-23-12-7-5-8-13-23)31(20-24-14-11-17-26(18-24)34-3)28(32)21-35-25-15-9-6-10-16-25/h5-18,22,27H,4,19-21H2,1-3H3,(H,30,33)/t22-,27+/m1/s1. The van der Waals surface area contributed by atoms with Crippen LogP contribution in [0, 0.1) is 0 Å². The van der Waals surface area contributed by atoms with Gasteiger partial charge in [0.15, 0.2) is 6.61 Å². The summed E-state index contributed by atoms with van der Waals surface area (Å²) in [6.45, 7) is 4.06. The number of amides is 2. The van der Waals surface area contributed by atoms with Crippen molar-refractivity contribution in [2.45, 2.75) is 45.3 Å². The van der Waals surface area contributed by atoms with Crippen molar-refractivity contribution in [2.75, 3.05) is 13.7 Å². The minimum Gasteiger partial charge on any atom is -0.497 e. The molecule has 1 N–H and O–H groups in total. The Labute approximate surface area is 207 Å². The average molecular weight is 475 g/mol. The number of para-hydroxylation sites is 1. The second-order valence-corrected chi connectivity index (χ2v) is 8.50. The Morgan fingerprint density at radius 3 is 2.17 bits per heavy atom. The van der Waals surface area contributed by atoms with Crippen molar-refractivity contribution < 1.29 is 19.1 Å². The predicted molar refractivity (Wildman–Crippen MR) is 137 cm³/mol. The van der Waals surface area contributed by atoms with Gasteiger partial charge in [0.05, 0.1) is 7.11 Å². The van der Waals surface area contributed by atoms with Gasteiger partial charge in [-0.1, -0.05) is 67.6 Å². The highest BCUT2D eigenvalue weighted by Gasteiger charge is 2.31. The van der Waals surface area contributed by atoms with Crippen LogP contribution in [0.1, 0.15) is 31.4 Å². The third kappa shape index (κ3) is 7.88. The molecule has 0 radical (unpaired) electrons. The molecule has 0 saturated carbocycles. The van der Waals surface area contributed by atoms with E-state index >= 15 is 0 Å². The number of ether oxygens (including phenoxy) is 2. The zero-order valence-electron chi connectivity index (χ0n) is 20.6. The molecule has 0 fully saturated rings. The summed E-state index contributed by atoms with van der Waals surface area (Å²) in [5, 5.41) is 3.07. The molecule has 3 aromatic rings. The van der Waals surface area contributed by atoms with Gasteiger partial charge in [0.1, 0.15) is 17.5 Å². The minimum atomic E-state index is -0.704. The first-order chi connectivity index (χ1) is 17.0. The Bertz CT molecular complexity index is 1070. The van der Waals surface area contributed by atoms with Crippen LogP contribution in [0.2, 0.25) is 0 Å². The van der Waals surface area contributed by atoms with E-state index in [2.05, 4.69) is 5.32 Å². The van der Waals surface area contributed by atoms with E-state index in [1.165, 1.54) is 0 Å². The van der Waals surface area contributed by atoms with Crippen molar-refractivity contribution in [3.05, 3.63) is 96.1 Å². The first-order valence-electron chi connectivity index (χ1n) is 11.9. The van der Waals surface area contributed by atoms with E-state index in [-0.39, 0.29) is 31.0 Å². The molecule has 35 heavy (non-hydrogen) atoms. The SMILES string of the molecule is CC[C@@H](C)NC(=O)[C@H](Cc1ccccc1)N(Cc1cccc(OC)c1)C(=O)COc1ccccc1. The van der Waals surface area contributed by atoms with Crippen molar-refractivity contribution in [3.63, 3.8) is 0 Å².